The van der Waals surface area contributed by atoms with Gasteiger partial charge in [-0.15, -0.1) is 5.73 Å². The molecule has 0 spiro atoms. The quantitative estimate of drug-likeness (QED) is 0.430. The number of carbonyl (C=O) groups excluding carboxylic acids is 1. The highest BCUT2D eigenvalue weighted by molar-refractivity contribution is 6.91. The first-order valence-corrected chi connectivity index (χ1v) is 15.2. The van der Waals surface area contributed by atoms with Crippen molar-refractivity contribution in [3.63, 3.8) is 0 Å². The predicted octanol–water partition coefficient (Wildman–Crippen LogP) is 5.13. The molecule has 1 saturated heterocycles. The van der Waals surface area contributed by atoms with Gasteiger partial charge in [0.15, 0.2) is 0 Å². The second-order valence-electron chi connectivity index (χ2n) is 8.43. The summed E-state index contributed by atoms with van der Waals surface area (Å²) in [5, 5.41) is 0.791. The third-order valence-corrected chi connectivity index (χ3v) is 10.2. The molecule has 2 atom stereocenters. The van der Waals surface area contributed by atoms with Gasteiger partial charge in [-0.05, 0) is 23.8 Å². The molecule has 1 aromatic rings. The summed E-state index contributed by atoms with van der Waals surface area (Å²) in [4.78, 5) is 12.7. The highest BCUT2D eigenvalue weighted by atomic mass is 28.3. The van der Waals surface area contributed by atoms with E-state index in [1.807, 2.05) is 31.2 Å². The largest absolute Gasteiger partial charge is 0.461 e. The van der Waals surface area contributed by atoms with Gasteiger partial charge >= 0.3 is 5.97 Å². The van der Waals surface area contributed by atoms with E-state index < -0.39 is 21.2 Å². The van der Waals surface area contributed by atoms with Gasteiger partial charge in [-0.3, -0.25) is 4.79 Å². The maximum Gasteiger partial charge on any atom is 0.317 e. The topological polar surface area (TPSA) is 26.3 Å². The van der Waals surface area contributed by atoms with Crippen molar-refractivity contribution in [3.05, 3.63) is 46.8 Å². The second-order valence-corrected chi connectivity index (χ2v) is 18.7. The van der Waals surface area contributed by atoms with Crippen LogP contribution in [0.25, 0.3) is 6.08 Å². The lowest BCUT2D eigenvalue weighted by molar-refractivity contribution is -0.175. The Balaban J connectivity index is 2.68. The average Bonchev–Trinajstić information content (AvgIpc) is 2.41. The van der Waals surface area contributed by atoms with Gasteiger partial charge in [0.25, 0.3) is 0 Å². The summed E-state index contributed by atoms with van der Waals surface area (Å²) < 4.78 is 5.45. The fraction of sp³-hybridized carbons (Fsp3) is 0.474. The molecule has 2 nitrogen and oxygen atoms in total. The minimum Gasteiger partial charge on any atom is -0.461 e. The summed E-state index contributed by atoms with van der Waals surface area (Å²) in [6.07, 6.45) is 1.99. The van der Waals surface area contributed by atoms with E-state index in [0.29, 0.717) is 0 Å². The highest BCUT2D eigenvalue weighted by Gasteiger charge is 2.67. The van der Waals surface area contributed by atoms with Crippen molar-refractivity contribution < 1.29 is 9.53 Å². The van der Waals surface area contributed by atoms with Crippen LogP contribution in [-0.2, 0) is 9.53 Å². The molecule has 1 heterocycles. The Labute approximate surface area is 142 Å². The van der Waals surface area contributed by atoms with Gasteiger partial charge in [0.05, 0.1) is 16.1 Å². The molecule has 1 aliphatic heterocycles. The molecule has 23 heavy (non-hydrogen) atoms. The lowest BCUT2D eigenvalue weighted by Gasteiger charge is -2.55. The van der Waals surface area contributed by atoms with Gasteiger partial charge in [0.2, 0.25) is 0 Å². The van der Waals surface area contributed by atoms with Crippen LogP contribution in [0.15, 0.2) is 41.3 Å². The third-order valence-electron chi connectivity index (χ3n) is 4.73. The van der Waals surface area contributed by atoms with Gasteiger partial charge in [-0.1, -0.05) is 69.6 Å². The molecule has 1 aliphatic rings. The van der Waals surface area contributed by atoms with Crippen molar-refractivity contribution in [1.82, 2.24) is 0 Å². The summed E-state index contributed by atoms with van der Waals surface area (Å²) in [5.74, 6) is -0.0319. The molecule has 0 amide bonds. The van der Waals surface area contributed by atoms with E-state index >= 15 is 0 Å². The van der Waals surface area contributed by atoms with Gasteiger partial charge < -0.3 is 4.74 Å². The fourth-order valence-corrected chi connectivity index (χ4v) is 10.7. The van der Waals surface area contributed by atoms with Gasteiger partial charge in [0.1, 0.15) is 11.1 Å². The Kier molecular flexibility index (Phi) is 4.64. The van der Waals surface area contributed by atoms with Crippen LogP contribution in [0.1, 0.15) is 12.5 Å². The first kappa shape index (κ1) is 18.0. The number of hydrogen-bond acceptors (Lipinski definition) is 2. The van der Waals surface area contributed by atoms with Crippen LogP contribution < -0.4 is 0 Å². The minimum atomic E-state index is -1.82. The normalized spacial score (nSPS) is 24.3. The smallest absolute Gasteiger partial charge is 0.317 e. The third kappa shape index (κ3) is 3.03. The minimum absolute atomic E-state index is 0.0319. The summed E-state index contributed by atoms with van der Waals surface area (Å²) in [6.45, 7) is 15.8. The van der Waals surface area contributed by atoms with E-state index in [1.54, 1.807) is 0 Å². The molecule has 1 aromatic carbocycles. The zero-order chi connectivity index (χ0) is 17.5. The maximum absolute atomic E-state index is 12.7. The van der Waals surface area contributed by atoms with Crippen molar-refractivity contribution in [2.24, 2.45) is 0 Å². The van der Waals surface area contributed by atoms with Crippen molar-refractivity contribution >= 4 is 28.2 Å². The van der Waals surface area contributed by atoms with Crippen molar-refractivity contribution in [2.75, 3.05) is 0 Å². The fourth-order valence-electron chi connectivity index (χ4n) is 3.67. The molecule has 0 saturated carbocycles. The molecule has 0 radical (unpaired) electrons. The molecule has 4 heteroatoms. The van der Waals surface area contributed by atoms with Crippen molar-refractivity contribution in [2.45, 2.75) is 57.3 Å². The van der Waals surface area contributed by atoms with E-state index in [0.717, 1.165) is 5.56 Å². The van der Waals surface area contributed by atoms with Gasteiger partial charge in [-0.25, -0.2) is 0 Å². The molecular formula is C19H28O2Si2. The molecule has 0 bridgehead atoms. The van der Waals surface area contributed by atoms with E-state index in [4.69, 9.17) is 4.74 Å². The molecule has 124 valence electrons. The molecule has 2 rings (SSSR count). The highest BCUT2D eigenvalue weighted by Crippen LogP contribution is 2.58. The monoisotopic (exact) mass is 344 g/mol. The molecule has 0 N–H and O–H groups in total. The van der Waals surface area contributed by atoms with Crippen LogP contribution in [0.5, 0.6) is 0 Å². The van der Waals surface area contributed by atoms with Crippen LogP contribution in [0.4, 0.5) is 0 Å². The molecule has 0 aliphatic carbocycles. The predicted molar refractivity (Wildman–Crippen MR) is 103 cm³/mol. The Bertz CT molecular complexity index is 659. The summed E-state index contributed by atoms with van der Waals surface area (Å²) >= 11 is 0. The number of esters is 1. The number of benzene rings is 1. The number of ether oxygens (including phenoxy) is 1. The van der Waals surface area contributed by atoms with Crippen molar-refractivity contribution in [1.29, 1.82) is 0 Å². The number of rotatable bonds is 4. The molecule has 1 fully saturated rings. The first-order chi connectivity index (χ1) is 10.5. The number of cyclic esters (lactones) is 1. The molecule has 2 unspecified atom stereocenters. The van der Waals surface area contributed by atoms with Crippen LogP contribution >= 0.6 is 0 Å². The second kappa shape index (κ2) is 5.93. The first-order valence-electron chi connectivity index (χ1n) is 8.25. The Hall–Kier alpha value is -1.36. The van der Waals surface area contributed by atoms with Crippen molar-refractivity contribution in [3.8, 4) is 0 Å². The van der Waals surface area contributed by atoms with Crippen LogP contribution in [0.3, 0.4) is 0 Å². The van der Waals surface area contributed by atoms with Gasteiger partial charge in [0, 0.05) is 0 Å². The zero-order valence-corrected chi connectivity index (χ0v) is 17.4. The van der Waals surface area contributed by atoms with Crippen LogP contribution in [0.2, 0.25) is 44.3 Å². The Morgan fingerprint density at radius 1 is 1.13 bits per heavy atom. The Morgan fingerprint density at radius 2 is 1.70 bits per heavy atom. The van der Waals surface area contributed by atoms with E-state index in [1.165, 1.54) is 5.20 Å². The standard InChI is InChI=1S/C19H28O2Si2/c1-15-19(18(20)21-15,23(5,6)7)17(22(2,3)4)14-13-16-11-9-8-10-12-16/h8-13,15H,1-7H3. The molecular weight excluding hydrogens is 316 g/mol. The number of hydrogen-bond donors (Lipinski definition) is 0. The van der Waals surface area contributed by atoms with Gasteiger partial charge in [-0.2, -0.15) is 0 Å². The maximum atomic E-state index is 12.7. The average molecular weight is 345 g/mol. The van der Waals surface area contributed by atoms with E-state index in [-0.39, 0.29) is 12.1 Å². The summed E-state index contributed by atoms with van der Waals surface area (Å²) in [7, 11) is -3.55. The molecule has 0 aromatic heterocycles. The lowest BCUT2D eigenvalue weighted by Crippen LogP contribution is -2.65. The Morgan fingerprint density at radius 3 is 2.09 bits per heavy atom. The van der Waals surface area contributed by atoms with E-state index in [9.17, 15) is 4.79 Å². The van der Waals surface area contributed by atoms with E-state index in [2.05, 4.69) is 57.1 Å². The van der Waals surface area contributed by atoms with Crippen LogP contribution in [0, 0.1) is 0 Å². The van der Waals surface area contributed by atoms with Crippen LogP contribution in [-0.4, -0.2) is 28.2 Å². The SMILES string of the molecule is CC1OC(=O)C1(C(=C=Cc1ccccc1)[Si](C)(C)C)[Si](C)(C)C. The lowest BCUT2D eigenvalue weighted by atomic mass is 9.95. The number of carbonyl (C=O) groups is 1. The summed E-state index contributed by atoms with van der Waals surface area (Å²) in [6, 6.07) is 10.2. The zero-order valence-electron chi connectivity index (χ0n) is 15.4. The summed E-state index contributed by atoms with van der Waals surface area (Å²) in [5.41, 5.74) is 4.69.